The molecule has 20 heavy (non-hydrogen) atoms. The van der Waals surface area contributed by atoms with Crippen molar-refractivity contribution in [3.63, 3.8) is 0 Å². The highest BCUT2D eigenvalue weighted by Crippen LogP contribution is 2.34. The molecule has 1 saturated heterocycles. The predicted octanol–water partition coefficient (Wildman–Crippen LogP) is 2.37. The van der Waals surface area contributed by atoms with Crippen LogP contribution < -0.4 is 5.73 Å². The normalized spacial score (nSPS) is 17.8. The first kappa shape index (κ1) is 14.9. The molecule has 0 radical (unpaired) electrons. The Morgan fingerprint density at radius 3 is 2.55 bits per heavy atom. The Bertz CT molecular complexity index is 504. The van der Waals surface area contributed by atoms with Gasteiger partial charge in [-0.25, -0.2) is 0 Å². The fraction of sp³-hybridized carbons (Fsp3) is 0.533. The van der Waals surface area contributed by atoms with E-state index in [0.717, 1.165) is 32.4 Å². The van der Waals surface area contributed by atoms with Gasteiger partial charge in [0.25, 0.3) is 5.91 Å². The lowest BCUT2D eigenvalue weighted by atomic mass is 9.78. The van der Waals surface area contributed by atoms with E-state index in [2.05, 4.69) is 18.8 Å². The van der Waals surface area contributed by atoms with Crippen molar-refractivity contribution in [2.24, 2.45) is 11.1 Å². The predicted molar refractivity (Wildman–Crippen MR) is 83.7 cm³/mol. The number of nitrogens with two attached hydrogens (primary N) is 1. The number of aromatic nitrogens is 1. The van der Waals surface area contributed by atoms with Gasteiger partial charge in [-0.15, -0.1) is 0 Å². The van der Waals surface area contributed by atoms with Crippen LogP contribution in [0, 0.1) is 5.41 Å². The van der Waals surface area contributed by atoms with E-state index in [0.29, 0.717) is 21.7 Å². The van der Waals surface area contributed by atoms with Gasteiger partial charge >= 0.3 is 0 Å². The Balaban J connectivity index is 2.03. The molecular formula is C15H21N3OS. The smallest absolute Gasteiger partial charge is 0.272 e. The molecule has 1 aromatic heterocycles. The molecule has 0 unspecified atom stereocenters. The second-order valence-electron chi connectivity index (χ2n) is 5.75. The Hall–Kier alpha value is -1.49. The van der Waals surface area contributed by atoms with Crippen LogP contribution in [0.2, 0.25) is 0 Å². The average molecular weight is 291 g/mol. The molecule has 0 aliphatic carbocycles. The van der Waals surface area contributed by atoms with Crippen molar-refractivity contribution in [3.05, 3.63) is 29.6 Å². The number of nitrogens with zero attached hydrogens (tertiary/aromatic N) is 2. The van der Waals surface area contributed by atoms with Gasteiger partial charge in [0.1, 0.15) is 10.7 Å². The Morgan fingerprint density at radius 1 is 1.45 bits per heavy atom. The summed E-state index contributed by atoms with van der Waals surface area (Å²) in [5.74, 6) is -0.00218. The number of carbonyl (C=O) groups is 1. The maximum Gasteiger partial charge on any atom is 0.272 e. The van der Waals surface area contributed by atoms with Crippen molar-refractivity contribution < 1.29 is 4.79 Å². The Morgan fingerprint density at radius 2 is 2.10 bits per heavy atom. The highest BCUT2D eigenvalue weighted by Gasteiger charge is 2.30. The highest BCUT2D eigenvalue weighted by molar-refractivity contribution is 7.80. The van der Waals surface area contributed by atoms with Crippen LogP contribution in [0.4, 0.5) is 0 Å². The largest absolute Gasteiger partial charge is 0.389 e. The third-order valence-electron chi connectivity index (χ3n) is 4.38. The van der Waals surface area contributed by atoms with Gasteiger partial charge in [0.15, 0.2) is 0 Å². The zero-order valence-corrected chi connectivity index (χ0v) is 12.9. The number of thiocarbonyl (C=S) groups is 1. The molecule has 0 bridgehead atoms. The standard InChI is InChI=1S/C15H21N3OS/c1-3-15(2)6-8-18(9-7-15)14(19)12-5-4-11(10-17-12)13(16)20/h4-5,10H,3,6-9H2,1-2H3,(H2,16,20). The zero-order valence-electron chi connectivity index (χ0n) is 12.1. The summed E-state index contributed by atoms with van der Waals surface area (Å²) in [7, 11) is 0. The number of likely N-dealkylation sites (tertiary alicyclic amines) is 1. The van der Waals surface area contributed by atoms with Gasteiger partial charge in [-0.05, 0) is 30.4 Å². The van der Waals surface area contributed by atoms with Gasteiger partial charge in [0, 0.05) is 24.8 Å². The van der Waals surface area contributed by atoms with Crippen molar-refractivity contribution >= 4 is 23.1 Å². The maximum atomic E-state index is 12.4. The molecule has 2 N–H and O–H groups in total. The monoisotopic (exact) mass is 291 g/mol. The van der Waals surface area contributed by atoms with Gasteiger partial charge in [-0.2, -0.15) is 0 Å². The molecule has 1 aliphatic heterocycles. The molecule has 2 rings (SSSR count). The lowest BCUT2D eigenvalue weighted by molar-refractivity contribution is 0.0594. The molecule has 0 atom stereocenters. The van der Waals surface area contributed by atoms with E-state index in [-0.39, 0.29) is 5.91 Å². The van der Waals surface area contributed by atoms with Gasteiger partial charge in [-0.3, -0.25) is 9.78 Å². The first-order valence-electron chi connectivity index (χ1n) is 7.00. The van der Waals surface area contributed by atoms with Crippen molar-refractivity contribution in [1.29, 1.82) is 0 Å². The van der Waals surface area contributed by atoms with Crippen LogP contribution in [-0.2, 0) is 0 Å². The summed E-state index contributed by atoms with van der Waals surface area (Å²) in [6, 6.07) is 3.45. The fourth-order valence-corrected chi connectivity index (χ4v) is 2.55. The van der Waals surface area contributed by atoms with Crippen LogP contribution in [0.3, 0.4) is 0 Å². The minimum Gasteiger partial charge on any atom is -0.389 e. The number of hydrogen-bond acceptors (Lipinski definition) is 3. The molecule has 1 amide bonds. The number of hydrogen-bond donors (Lipinski definition) is 1. The number of piperidine rings is 1. The lowest BCUT2D eigenvalue weighted by Gasteiger charge is -2.38. The van der Waals surface area contributed by atoms with Crippen molar-refractivity contribution in [2.45, 2.75) is 33.1 Å². The summed E-state index contributed by atoms with van der Waals surface area (Å²) in [4.78, 5) is 18.7. The number of rotatable bonds is 3. The summed E-state index contributed by atoms with van der Waals surface area (Å²) >= 11 is 4.88. The van der Waals surface area contributed by atoms with E-state index in [1.165, 1.54) is 0 Å². The SMILES string of the molecule is CCC1(C)CCN(C(=O)c2ccc(C(N)=S)cn2)CC1. The first-order valence-corrected chi connectivity index (χ1v) is 7.41. The first-order chi connectivity index (χ1) is 9.45. The number of pyridine rings is 1. The Labute approximate surface area is 125 Å². The number of carbonyl (C=O) groups excluding carboxylic acids is 1. The van der Waals surface area contributed by atoms with Gasteiger partial charge < -0.3 is 10.6 Å². The topological polar surface area (TPSA) is 59.2 Å². The summed E-state index contributed by atoms with van der Waals surface area (Å²) < 4.78 is 0. The van der Waals surface area contributed by atoms with Crippen LogP contribution in [0.15, 0.2) is 18.3 Å². The molecule has 1 aliphatic rings. The third kappa shape index (κ3) is 3.15. The minimum atomic E-state index is -0.00218. The van der Waals surface area contributed by atoms with Crippen LogP contribution in [0.25, 0.3) is 0 Å². The lowest BCUT2D eigenvalue weighted by Crippen LogP contribution is -2.42. The minimum absolute atomic E-state index is 0.00218. The van der Waals surface area contributed by atoms with E-state index in [1.54, 1.807) is 18.3 Å². The molecule has 0 spiro atoms. The Kier molecular flexibility index (Phi) is 4.38. The van der Waals surface area contributed by atoms with E-state index >= 15 is 0 Å². The second-order valence-corrected chi connectivity index (χ2v) is 6.19. The highest BCUT2D eigenvalue weighted by atomic mass is 32.1. The molecule has 2 heterocycles. The van der Waals surface area contributed by atoms with E-state index in [1.807, 2.05) is 4.90 Å². The average Bonchev–Trinajstić information content (AvgIpc) is 2.47. The van der Waals surface area contributed by atoms with Crippen molar-refractivity contribution in [1.82, 2.24) is 9.88 Å². The maximum absolute atomic E-state index is 12.4. The molecule has 4 nitrogen and oxygen atoms in total. The summed E-state index contributed by atoms with van der Waals surface area (Å²) in [5.41, 5.74) is 7.05. The van der Waals surface area contributed by atoms with Crippen molar-refractivity contribution in [2.75, 3.05) is 13.1 Å². The number of amides is 1. The quantitative estimate of drug-likeness (QED) is 0.869. The van der Waals surface area contributed by atoms with Crippen LogP contribution in [0.1, 0.15) is 49.2 Å². The van der Waals surface area contributed by atoms with Gasteiger partial charge in [0.2, 0.25) is 0 Å². The molecule has 0 saturated carbocycles. The molecule has 5 heteroatoms. The van der Waals surface area contributed by atoms with E-state index in [4.69, 9.17) is 18.0 Å². The summed E-state index contributed by atoms with van der Waals surface area (Å²) in [6.45, 7) is 6.13. The fourth-order valence-electron chi connectivity index (χ4n) is 2.43. The molecule has 108 valence electrons. The zero-order chi connectivity index (χ0) is 14.8. The van der Waals surface area contributed by atoms with Crippen LogP contribution in [-0.4, -0.2) is 33.9 Å². The third-order valence-corrected chi connectivity index (χ3v) is 4.61. The molecule has 1 fully saturated rings. The molecular weight excluding hydrogens is 270 g/mol. The molecule has 0 aromatic carbocycles. The van der Waals surface area contributed by atoms with Crippen LogP contribution in [0.5, 0.6) is 0 Å². The van der Waals surface area contributed by atoms with Crippen molar-refractivity contribution in [3.8, 4) is 0 Å². The second kappa shape index (κ2) is 5.87. The van der Waals surface area contributed by atoms with E-state index < -0.39 is 0 Å². The van der Waals surface area contributed by atoms with Gasteiger partial charge in [-0.1, -0.05) is 32.5 Å². The van der Waals surface area contributed by atoms with E-state index in [9.17, 15) is 4.79 Å². The van der Waals surface area contributed by atoms with Crippen LogP contribution >= 0.6 is 12.2 Å². The summed E-state index contributed by atoms with van der Waals surface area (Å²) in [5, 5.41) is 0. The molecule has 1 aromatic rings. The van der Waals surface area contributed by atoms with Gasteiger partial charge in [0.05, 0.1) is 0 Å². The summed E-state index contributed by atoms with van der Waals surface area (Å²) in [6.07, 6.45) is 4.84.